The van der Waals surface area contributed by atoms with E-state index in [4.69, 9.17) is 4.74 Å². The number of halogens is 1. The van der Waals surface area contributed by atoms with Gasteiger partial charge in [0.05, 0.1) is 6.04 Å². The highest BCUT2D eigenvalue weighted by atomic mass is 32.2. The van der Waals surface area contributed by atoms with Crippen LogP contribution in [0.5, 0.6) is 0 Å². The molecule has 3 rings (SSSR count). The van der Waals surface area contributed by atoms with Crippen LogP contribution in [0, 0.1) is 5.82 Å². The predicted octanol–water partition coefficient (Wildman–Crippen LogP) is 3.48. The predicted molar refractivity (Wildman–Crippen MR) is 93.6 cm³/mol. The number of rotatable bonds is 6. The van der Waals surface area contributed by atoms with Crippen molar-refractivity contribution in [3.63, 3.8) is 0 Å². The summed E-state index contributed by atoms with van der Waals surface area (Å²) in [5.41, 5.74) is 0.746. The molecule has 1 saturated heterocycles. The Morgan fingerprint density at radius 1 is 1.20 bits per heavy atom. The van der Waals surface area contributed by atoms with Crippen LogP contribution in [0.15, 0.2) is 59.5 Å². The normalized spacial score (nSPS) is 17.8. The fraction of sp³-hybridized carbons (Fsp3) is 0.263. The summed E-state index contributed by atoms with van der Waals surface area (Å²) in [6.45, 7) is 0.131. The van der Waals surface area contributed by atoms with Gasteiger partial charge in [0.2, 0.25) is 5.91 Å². The minimum atomic E-state index is -0.671. The average molecular weight is 359 g/mol. The number of ether oxygens (including phenoxy) is 1. The number of hydrogen-bond donors (Lipinski definition) is 1. The van der Waals surface area contributed by atoms with E-state index in [0.717, 1.165) is 17.3 Å². The summed E-state index contributed by atoms with van der Waals surface area (Å²) in [4.78, 5) is 24.2. The van der Waals surface area contributed by atoms with Gasteiger partial charge in [0.25, 0.3) is 0 Å². The first-order valence-electron chi connectivity index (χ1n) is 8.05. The maximum atomic E-state index is 14.0. The summed E-state index contributed by atoms with van der Waals surface area (Å²) in [6, 6.07) is 15.3. The number of carbonyl (C=O) groups is 2. The van der Waals surface area contributed by atoms with E-state index in [0.29, 0.717) is 17.7 Å². The molecule has 1 fully saturated rings. The molecule has 1 N–H and O–H groups in total. The van der Waals surface area contributed by atoms with Crippen LogP contribution in [0.1, 0.15) is 23.7 Å². The molecule has 1 aliphatic heterocycles. The van der Waals surface area contributed by atoms with E-state index >= 15 is 0 Å². The number of esters is 1. The van der Waals surface area contributed by atoms with E-state index < -0.39 is 11.2 Å². The summed E-state index contributed by atoms with van der Waals surface area (Å²) in [6.07, 6.45) is 1.11. The second-order valence-electron chi connectivity index (χ2n) is 5.77. The van der Waals surface area contributed by atoms with Crippen molar-refractivity contribution >= 4 is 23.6 Å². The van der Waals surface area contributed by atoms with Crippen molar-refractivity contribution in [1.82, 2.24) is 5.32 Å². The molecule has 2 atom stereocenters. The highest BCUT2D eigenvalue weighted by Crippen LogP contribution is 2.37. The molecule has 0 radical (unpaired) electrons. The molecule has 4 nitrogen and oxygen atoms in total. The molecule has 0 aliphatic carbocycles. The molecule has 1 aliphatic rings. The van der Waals surface area contributed by atoms with Crippen molar-refractivity contribution in [1.29, 1.82) is 0 Å². The lowest BCUT2D eigenvalue weighted by Crippen LogP contribution is -2.31. The van der Waals surface area contributed by atoms with Crippen LogP contribution in [0.4, 0.5) is 4.39 Å². The zero-order valence-electron chi connectivity index (χ0n) is 13.5. The van der Waals surface area contributed by atoms with Gasteiger partial charge in [-0.15, -0.1) is 11.8 Å². The van der Waals surface area contributed by atoms with E-state index in [-0.39, 0.29) is 24.4 Å². The van der Waals surface area contributed by atoms with Crippen molar-refractivity contribution in [2.75, 3.05) is 6.61 Å². The Hall–Kier alpha value is -2.34. The molecule has 2 aromatic carbocycles. The first kappa shape index (κ1) is 17.5. The number of hydrogen-bond acceptors (Lipinski definition) is 4. The van der Waals surface area contributed by atoms with Gasteiger partial charge >= 0.3 is 5.97 Å². The third kappa shape index (κ3) is 4.60. The molecule has 2 aromatic rings. The van der Waals surface area contributed by atoms with Crippen molar-refractivity contribution in [2.24, 2.45) is 0 Å². The minimum absolute atomic E-state index is 0.0265. The van der Waals surface area contributed by atoms with Crippen LogP contribution in [-0.4, -0.2) is 24.5 Å². The molecule has 130 valence electrons. The van der Waals surface area contributed by atoms with Gasteiger partial charge in [0, 0.05) is 11.3 Å². The highest BCUT2D eigenvalue weighted by Gasteiger charge is 2.27. The second-order valence-corrected chi connectivity index (χ2v) is 6.92. The number of benzene rings is 2. The van der Waals surface area contributed by atoms with Crippen LogP contribution >= 0.6 is 11.8 Å². The van der Waals surface area contributed by atoms with Crippen molar-refractivity contribution < 1.29 is 18.7 Å². The van der Waals surface area contributed by atoms with Gasteiger partial charge in [-0.05, 0) is 24.1 Å². The number of nitrogens with one attached hydrogen (secondary N) is 1. The molecule has 1 heterocycles. The van der Waals surface area contributed by atoms with Gasteiger partial charge in [0.15, 0.2) is 0 Å². The lowest BCUT2D eigenvalue weighted by Gasteiger charge is -2.18. The standard InChI is InChI=1S/C19H18FNO3S/c20-15-8-4-5-9-16(15)25-18(13-6-2-1-3-7-13)19(23)24-12-14-10-11-17(22)21-14/h1-9,14,18H,10-12H2,(H,21,22)/t14-,18-/m0/s1. The quantitative estimate of drug-likeness (QED) is 0.634. The molecule has 25 heavy (non-hydrogen) atoms. The largest absolute Gasteiger partial charge is 0.462 e. The Kier molecular flexibility index (Phi) is 5.71. The highest BCUT2D eigenvalue weighted by molar-refractivity contribution is 8.00. The Balaban J connectivity index is 1.73. The first-order chi connectivity index (χ1) is 12.1. The van der Waals surface area contributed by atoms with E-state index in [1.165, 1.54) is 6.07 Å². The monoisotopic (exact) mass is 359 g/mol. The van der Waals surface area contributed by atoms with Crippen LogP contribution in [0.2, 0.25) is 0 Å². The van der Waals surface area contributed by atoms with Gasteiger partial charge < -0.3 is 10.1 Å². The third-order valence-corrected chi connectivity index (χ3v) is 5.19. The lowest BCUT2D eigenvalue weighted by molar-refractivity contribution is -0.144. The zero-order chi connectivity index (χ0) is 17.6. The fourth-order valence-electron chi connectivity index (χ4n) is 2.61. The van der Waals surface area contributed by atoms with Gasteiger partial charge in [-0.2, -0.15) is 0 Å². The number of amides is 1. The molecule has 0 aromatic heterocycles. The number of thioether (sulfide) groups is 1. The Morgan fingerprint density at radius 2 is 1.92 bits per heavy atom. The Labute approximate surface area is 149 Å². The topological polar surface area (TPSA) is 55.4 Å². The third-order valence-electron chi connectivity index (χ3n) is 3.91. The first-order valence-corrected chi connectivity index (χ1v) is 8.93. The summed E-state index contributed by atoms with van der Waals surface area (Å²) >= 11 is 1.12. The molecule has 1 amide bonds. The van der Waals surface area contributed by atoms with Gasteiger partial charge in [-0.1, -0.05) is 42.5 Å². The van der Waals surface area contributed by atoms with Gasteiger partial charge in [0.1, 0.15) is 17.7 Å². The number of carbonyl (C=O) groups excluding carboxylic acids is 2. The molecule has 0 unspecified atom stereocenters. The smallest absolute Gasteiger partial charge is 0.324 e. The van der Waals surface area contributed by atoms with Crippen molar-refractivity contribution in [2.45, 2.75) is 29.0 Å². The van der Waals surface area contributed by atoms with Crippen LogP contribution < -0.4 is 5.32 Å². The Bertz CT molecular complexity index is 753. The summed E-state index contributed by atoms with van der Waals surface area (Å²) in [7, 11) is 0. The van der Waals surface area contributed by atoms with Crippen LogP contribution in [-0.2, 0) is 14.3 Å². The maximum Gasteiger partial charge on any atom is 0.324 e. The minimum Gasteiger partial charge on any atom is -0.462 e. The molecule has 6 heteroatoms. The lowest BCUT2D eigenvalue weighted by atomic mass is 10.1. The average Bonchev–Trinajstić information content (AvgIpc) is 3.05. The summed E-state index contributed by atoms with van der Waals surface area (Å²) in [5, 5.41) is 2.09. The zero-order valence-corrected chi connectivity index (χ0v) is 14.3. The summed E-state index contributed by atoms with van der Waals surface area (Å²) in [5.74, 6) is -0.841. The van der Waals surface area contributed by atoms with Crippen molar-refractivity contribution in [3.8, 4) is 0 Å². The molecular weight excluding hydrogens is 341 g/mol. The molecule has 0 spiro atoms. The Morgan fingerprint density at radius 3 is 2.60 bits per heavy atom. The molecular formula is C19H18FNO3S. The maximum absolute atomic E-state index is 14.0. The van der Waals surface area contributed by atoms with Crippen molar-refractivity contribution in [3.05, 3.63) is 66.0 Å². The van der Waals surface area contributed by atoms with Gasteiger partial charge in [-0.3, -0.25) is 9.59 Å². The molecule has 0 saturated carbocycles. The van der Waals surface area contributed by atoms with Gasteiger partial charge in [-0.25, -0.2) is 4.39 Å². The van der Waals surface area contributed by atoms with E-state index in [1.54, 1.807) is 18.2 Å². The van der Waals surface area contributed by atoms with Crippen LogP contribution in [0.25, 0.3) is 0 Å². The molecule has 0 bridgehead atoms. The van der Waals surface area contributed by atoms with E-state index in [9.17, 15) is 14.0 Å². The SMILES string of the molecule is O=C1CC[C@@H](COC(=O)[C@@H](Sc2ccccc2F)c2ccccc2)N1. The second kappa shape index (κ2) is 8.16. The van der Waals surface area contributed by atoms with E-state index in [2.05, 4.69) is 5.32 Å². The summed E-state index contributed by atoms with van der Waals surface area (Å²) < 4.78 is 19.4. The van der Waals surface area contributed by atoms with E-state index in [1.807, 2.05) is 30.3 Å². The van der Waals surface area contributed by atoms with Crippen LogP contribution in [0.3, 0.4) is 0 Å². The fourth-order valence-corrected chi connectivity index (χ4v) is 3.66.